The van der Waals surface area contributed by atoms with Crippen LogP contribution in [-0.4, -0.2) is 30.9 Å². The molecule has 0 bridgehead atoms. The number of rotatable bonds is 13. The molecule has 0 amide bonds. The van der Waals surface area contributed by atoms with Crippen molar-refractivity contribution in [2.45, 2.75) is 119 Å². The average Bonchev–Trinajstić information content (AvgIpc) is 3.10. The summed E-state index contributed by atoms with van der Waals surface area (Å²) in [7, 11) is 0. The van der Waals surface area contributed by atoms with E-state index in [0.29, 0.717) is 35.3 Å². The van der Waals surface area contributed by atoms with Gasteiger partial charge in [0.1, 0.15) is 22.9 Å². The number of hydrogen-bond donors (Lipinski definition) is 3. The summed E-state index contributed by atoms with van der Waals surface area (Å²) in [5.74, 6) is 6.70. The zero-order valence-electron chi connectivity index (χ0n) is 32.3. The van der Waals surface area contributed by atoms with Crippen molar-refractivity contribution in [2.24, 2.45) is 16.4 Å². The highest BCUT2D eigenvalue weighted by molar-refractivity contribution is 5.88. The van der Waals surface area contributed by atoms with Crippen molar-refractivity contribution in [3.63, 3.8) is 0 Å². The Morgan fingerprint density at radius 3 is 2.16 bits per heavy atom. The molecule has 2 aromatic carbocycles. The van der Waals surface area contributed by atoms with Gasteiger partial charge < -0.3 is 10.2 Å². The van der Waals surface area contributed by atoms with Crippen molar-refractivity contribution in [3.8, 4) is 17.2 Å². The molecule has 50 heavy (non-hydrogen) atoms. The number of anilines is 1. The first kappa shape index (κ1) is 40.0. The van der Waals surface area contributed by atoms with Gasteiger partial charge in [-0.3, -0.25) is 0 Å². The van der Waals surface area contributed by atoms with Gasteiger partial charge in [0, 0.05) is 42.3 Å². The summed E-state index contributed by atoms with van der Waals surface area (Å²) < 4.78 is 0. The van der Waals surface area contributed by atoms with Crippen molar-refractivity contribution < 1.29 is 10.2 Å². The number of hydrazone groups is 1. The molecule has 8 nitrogen and oxygen atoms in total. The number of hydrogen-bond acceptors (Lipinski definition) is 7. The molecule has 0 radical (unpaired) electrons. The van der Waals surface area contributed by atoms with Gasteiger partial charge in [0.05, 0.1) is 5.69 Å². The number of hydrazine groups is 1. The Kier molecular flexibility index (Phi) is 13.2. The molecule has 0 aliphatic rings. The lowest BCUT2D eigenvalue weighted by Gasteiger charge is -2.34. The van der Waals surface area contributed by atoms with E-state index in [0.717, 1.165) is 40.9 Å². The van der Waals surface area contributed by atoms with Gasteiger partial charge in [-0.1, -0.05) is 91.8 Å². The van der Waals surface area contributed by atoms with E-state index >= 15 is 0 Å². The lowest BCUT2D eigenvalue weighted by atomic mass is 9.71. The minimum Gasteiger partial charge on any atom is -0.505 e. The monoisotopic (exact) mass is 680 g/mol. The van der Waals surface area contributed by atoms with E-state index in [1.807, 2.05) is 75.4 Å². The molecule has 1 aromatic heterocycles. The highest BCUT2D eigenvalue weighted by Gasteiger charge is 2.30. The van der Waals surface area contributed by atoms with E-state index in [-0.39, 0.29) is 34.2 Å². The van der Waals surface area contributed by atoms with Crippen LogP contribution >= 0.6 is 0 Å². The van der Waals surface area contributed by atoms with Gasteiger partial charge >= 0.3 is 0 Å². The molecule has 3 rings (SSSR count). The maximum absolute atomic E-state index is 12.0. The lowest BCUT2D eigenvalue weighted by Crippen LogP contribution is -2.29. The van der Waals surface area contributed by atoms with Gasteiger partial charge in [-0.2, -0.15) is 20.4 Å². The second-order valence-corrected chi connectivity index (χ2v) is 15.9. The van der Waals surface area contributed by atoms with E-state index in [9.17, 15) is 10.2 Å². The molecule has 0 unspecified atom stereocenters. The Labute approximate surface area is 300 Å². The van der Waals surface area contributed by atoms with Crippen molar-refractivity contribution in [1.82, 2.24) is 15.0 Å². The van der Waals surface area contributed by atoms with E-state index in [2.05, 4.69) is 67.1 Å². The molecule has 0 atom stereocenters. The minimum atomic E-state index is -0.267. The van der Waals surface area contributed by atoms with Crippen LogP contribution in [0.15, 0.2) is 78.6 Å². The van der Waals surface area contributed by atoms with E-state index in [4.69, 9.17) is 16.0 Å². The highest BCUT2D eigenvalue weighted by atomic mass is 16.3. The summed E-state index contributed by atoms with van der Waals surface area (Å²) in [6.07, 6.45) is 10.7. The number of phenols is 2. The van der Waals surface area contributed by atoms with Crippen LogP contribution in [0.1, 0.15) is 122 Å². The normalized spacial score (nSPS) is 12.7. The Morgan fingerprint density at radius 1 is 0.920 bits per heavy atom. The smallest absolute Gasteiger partial charge is 0.146 e. The number of aromatic hydroxyl groups is 2. The summed E-state index contributed by atoms with van der Waals surface area (Å²) >= 11 is 0. The molecule has 0 spiro atoms. The molecule has 270 valence electrons. The van der Waals surface area contributed by atoms with Crippen LogP contribution in [0.3, 0.4) is 0 Å². The molecule has 0 fully saturated rings. The van der Waals surface area contributed by atoms with E-state index in [1.54, 1.807) is 12.3 Å². The third-order valence-corrected chi connectivity index (χ3v) is 9.17. The average molecular weight is 681 g/mol. The molecule has 8 heteroatoms. The van der Waals surface area contributed by atoms with Gasteiger partial charge in [-0.05, 0) is 90.8 Å². The first-order valence-electron chi connectivity index (χ1n) is 17.6. The second-order valence-electron chi connectivity index (χ2n) is 15.9. The van der Waals surface area contributed by atoms with E-state index in [1.165, 1.54) is 9.91 Å². The van der Waals surface area contributed by atoms with Crippen LogP contribution in [0.25, 0.3) is 5.69 Å². The van der Waals surface area contributed by atoms with Crippen LogP contribution in [0.5, 0.6) is 11.5 Å². The Morgan fingerprint density at radius 2 is 1.56 bits per heavy atom. The fourth-order valence-corrected chi connectivity index (χ4v) is 6.21. The first-order valence-corrected chi connectivity index (χ1v) is 17.6. The Bertz CT molecular complexity index is 1770. The first-order chi connectivity index (χ1) is 23.3. The van der Waals surface area contributed by atoms with Crippen molar-refractivity contribution in [2.75, 3.05) is 5.12 Å². The fraction of sp³-hybridized carbons (Fsp3) is 0.452. The van der Waals surface area contributed by atoms with Gasteiger partial charge in [-0.15, -0.1) is 11.4 Å². The molecule has 3 aromatic rings. The van der Waals surface area contributed by atoms with Gasteiger partial charge in [0.25, 0.3) is 0 Å². The Balaban J connectivity index is 2.36. The third-order valence-electron chi connectivity index (χ3n) is 9.17. The van der Waals surface area contributed by atoms with Crippen LogP contribution < -0.4 is 11.0 Å². The number of allylic oxidation sites excluding steroid dienone is 3. The molecule has 0 aliphatic carbocycles. The molecule has 0 saturated heterocycles. The molecule has 0 saturated carbocycles. The number of nitrogens with two attached hydrogens (primary N) is 1. The summed E-state index contributed by atoms with van der Waals surface area (Å²) in [6, 6.07) is 13.8. The number of aryl methyl sites for hydroxylation is 2. The third kappa shape index (κ3) is 10.5. The van der Waals surface area contributed by atoms with Gasteiger partial charge in [-0.25, -0.2) is 5.84 Å². The number of nitrogens with zero attached hydrogens (tertiary/aromatic N) is 5. The summed E-state index contributed by atoms with van der Waals surface area (Å²) in [5.41, 5.74) is 6.33. The fourth-order valence-electron chi connectivity index (χ4n) is 6.21. The largest absolute Gasteiger partial charge is 0.505 e. The standard InChI is InChI=1S/C42H60N6O2/c1-13-16-18-35(17-14-2)46-47(43)36-26-34(42(11,12)28-40(6,7)8)25-31(38(36)49)23-32-24-33(41(9,10)15-3)27-37(39(32)50)48-44-22-21-29(4)19-20-30(5)45-48/h13-14,16,19-22,24-27,49-50H,2,15,17-18,23,28,43H2,1,3-12H3/b16-13-,20-19?,29-21?,44-22?,45-30?,46-35+. The van der Waals surface area contributed by atoms with Crippen LogP contribution in [-0.2, 0) is 17.3 Å². The van der Waals surface area contributed by atoms with E-state index < -0.39 is 0 Å². The van der Waals surface area contributed by atoms with Gasteiger partial charge in [0.2, 0.25) is 0 Å². The topological polar surface area (TPSA) is 113 Å². The van der Waals surface area contributed by atoms with Crippen LogP contribution in [0.2, 0.25) is 0 Å². The molecule has 4 N–H and O–H groups in total. The Hall–Kier alpha value is -4.43. The SMILES string of the molecule is C=CC/C(C/C=C\C)=N\N(N)c1cc(C(C)(C)CC(C)(C)C)cc(Cc2cc(C(C)(C)CC)cc(-n3nccc(C)ccc(C)n3)c2O)c1O. The lowest BCUT2D eigenvalue weighted by molar-refractivity contribution is 0.284. The van der Waals surface area contributed by atoms with Crippen molar-refractivity contribution in [1.29, 1.82) is 0 Å². The van der Waals surface area contributed by atoms with Crippen LogP contribution in [0.4, 0.5) is 5.69 Å². The van der Waals surface area contributed by atoms with Crippen molar-refractivity contribution >= 4 is 11.4 Å². The summed E-state index contributed by atoms with van der Waals surface area (Å²) in [5, 5.41) is 39.2. The molecule has 1 heterocycles. The van der Waals surface area contributed by atoms with Crippen molar-refractivity contribution in [3.05, 3.63) is 107 Å². The molecular formula is C42H60N6O2. The number of aromatic nitrogens is 3. The number of benzene rings is 2. The zero-order chi connectivity index (χ0) is 37.4. The van der Waals surface area contributed by atoms with Gasteiger partial charge in [0.15, 0.2) is 0 Å². The summed E-state index contributed by atoms with van der Waals surface area (Å²) in [4.78, 5) is 1.49. The number of phenolic OH excluding ortho intramolecular Hbond substituents is 2. The highest BCUT2D eigenvalue weighted by Crippen LogP contribution is 2.43. The molecular weight excluding hydrogens is 621 g/mol. The minimum absolute atomic E-state index is 0.0111. The zero-order valence-corrected chi connectivity index (χ0v) is 32.3. The summed E-state index contributed by atoms with van der Waals surface area (Å²) in [6.45, 7) is 27.4. The van der Waals surface area contributed by atoms with Crippen LogP contribution in [0, 0.1) is 19.3 Å². The maximum atomic E-state index is 12.0. The molecule has 0 aliphatic heterocycles. The predicted octanol–water partition coefficient (Wildman–Crippen LogP) is 9.99. The maximum Gasteiger partial charge on any atom is 0.146 e. The second kappa shape index (κ2) is 16.5. The predicted molar refractivity (Wildman–Crippen MR) is 210 cm³/mol. The quantitative estimate of drug-likeness (QED) is 0.0717.